The minimum Gasteiger partial charge on any atom is -0.252 e. The van der Waals surface area contributed by atoms with Crippen molar-refractivity contribution in [2.45, 2.75) is 6.43 Å². The molecule has 1 rings (SSSR count). The molecule has 0 saturated carbocycles. The number of aromatic nitrogens is 1. The topological polar surface area (TPSA) is 12.9 Å². The van der Waals surface area contributed by atoms with E-state index in [9.17, 15) is 8.78 Å². The van der Waals surface area contributed by atoms with E-state index in [1.165, 1.54) is 6.20 Å². The molecule has 66 valence electrons. The van der Waals surface area contributed by atoms with Crippen LogP contribution in [-0.4, -0.2) is 4.98 Å². The quantitative estimate of drug-likeness (QED) is 0.755. The lowest BCUT2D eigenvalue weighted by Gasteiger charge is -2.04. The molecular formula is C6H2Br2ClF2N. The van der Waals surface area contributed by atoms with Crippen LogP contribution in [0.4, 0.5) is 8.78 Å². The third kappa shape index (κ3) is 1.95. The molecule has 0 fully saturated rings. The first-order chi connectivity index (χ1) is 5.54. The van der Waals surface area contributed by atoms with E-state index in [0.29, 0.717) is 9.50 Å². The number of halogens is 5. The van der Waals surface area contributed by atoms with E-state index in [1.807, 2.05) is 0 Å². The fourth-order valence-electron chi connectivity index (χ4n) is 0.609. The molecule has 0 unspecified atom stereocenters. The number of alkyl halides is 2. The molecule has 0 amide bonds. The predicted molar refractivity (Wildman–Crippen MR) is 49.6 cm³/mol. The van der Waals surface area contributed by atoms with Crippen LogP contribution in [0.2, 0.25) is 5.02 Å². The van der Waals surface area contributed by atoms with Gasteiger partial charge in [0, 0.05) is 6.20 Å². The van der Waals surface area contributed by atoms with Crippen LogP contribution < -0.4 is 0 Å². The molecular weight excluding hydrogens is 319 g/mol. The Morgan fingerprint density at radius 2 is 1.92 bits per heavy atom. The average Bonchev–Trinajstić information content (AvgIpc) is 2.00. The molecule has 0 atom stereocenters. The van der Waals surface area contributed by atoms with Gasteiger partial charge < -0.3 is 0 Å². The van der Waals surface area contributed by atoms with Gasteiger partial charge in [0.25, 0.3) is 6.43 Å². The molecule has 6 heteroatoms. The van der Waals surface area contributed by atoms with Crippen LogP contribution in [0.25, 0.3) is 0 Å². The zero-order valence-corrected chi connectivity index (χ0v) is 9.42. The Labute approximate surface area is 89.4 Å². The monoisotopic (exact) mass is 319 g/mol. The SMILES string of the molecule is FC(F)c1ncc(Cl)c(Br)c1Br. The summed E-state index contributed by atoms with van der Waals surface area (Å²) in [4.78, 5) is 3.48. The van der Waals surface area contributed by atoms with Crippen molar-refractivity contribution < 1.29 is 8.78 Å². The Kier molecular flexibility index (Phi) is 3.43. The third-order valence-electron chi connectivity index (χ3n) is 1.15. The van der Waals surface area contributed by atoms with E-state index in [-0.39, 0.29) is 10.2 Å². The maximum absolute atomic E-state index is 12.2. The molecule has 1 heterocycles. The number of nitrogens with zero attached hydrogens (tertiary/aromatic N) is 1. The zero-order valence-electron chi connectivity index (χ0n) is 5.49. The van der Waals surface area contributed by atoms with Crippen molar-refractivity contribution >= 4 is 43.5 Å². The van der Waals surface area contributed by atoms with E-state index >= 15 is 0 Å². The maximum Gasteiger partial charge on any atom is 0.281 e. The standard InChI is InChI=1S/C6H2Br2ClF2N/c7-3-2(9)1-12-5(4(3)8)6(10)11/h1,6H. The predicted octanol–water partition coefficient (Wildman–Crippen LogP) is 4.20. The summed E-state index contributed by atoms with van der Waals surface area (Å²) in [6.07, 6.45) is -1.43. The minimum absolute atomic E-state index is 0.199. The van der Waals surface area contributed by atoms with Crippen LogP contribution in [0.15, 0.2) is 15.1 Å². The molecule has 0 aliphatic carbocycles. The molecule has 0 bridgehead atoms. The number of rotatable bonds is 1. The largest absolute Gasteiger partial charge is 0.281 e. The number of hydrogen-bond acceptors (Lipinski definition) is 1. The molecule has 0 saturated heterocycles. The van der Waals surface area contributed by atoms with E-state index in [2.05, 4.69) is 36.8 Å². The fourth-order valence-corrected chi connectivity index (χ4v) is 1.66. The van der Waals surface area contributed by atoms with Gasteiger partial charge in [0.05, 0.1) is 14.0 Å². The highest BCUT2D eigenvalue weighted by Crippen LogP contribution is 2.35. The first-order valence-corrected chi connectivity index (χ1v) is 4.78. The highest BCUT2D eigenvalue weighted by atomic mass is 79.9. The molecule has 0 spiro atoms. The smallest absolute Gasteiger partial charge is 0.252 e. The van der Waals surface area contributed by atoms with Crippen molar-refractivity contribution in [3.63, 3.8) is 0 Å². The lowest BCUT2D eigenvalue weighted by Crippen LogP contribution is -1.92. The van der Waals surface area contributed by atoms with Crippen molar-refractivity contribution in [2.24, 2.45) is 0 Å². The first kappa shape index (κ1) is 10.3. The lowest BCUT2D eigenvalue weighted by atomic mass is 10.4. The normalized spacial score (nSPS) is 10.8. The molecule has 1 nitrogen and oxygen atoms in total. The summed E-state index contributed by atoms with van der Waals surface area (Å²) >= 11 is 11.6. The van der Waals surface area contributed by atoms with E-state index in [1.54, 1.807) is 0 Å². The summed E-state index contributed by atoms with van der Waals surface area (Å²) in [5.74, 6) is 0. The van der Waals surface area contributed by atoms with Crippen molar-refractivity contribution in [2.75, 3.05) is 0 Å². The lowest BCUT2D eigenvalue weighted by molar-refractivity contribution is 0.145. The van der Waals surface area contributed by atoms with Crippen LogP contribution in [0.3, 0.4) is 0 Å². The summed E-state index contributed by atoms with van der Waals surface area (Å²) in [7, 11) is 0. The Morgan fingerprint density at radius 3 is 2.42 bits per heavy atom. The van der Waals surface area contributed by atoms with Crippen molar-refractivity contribution in [3.8, 4) is 0 Å². The van der Waals surface area contributed by atoms with Crippen molar-refractivity contribution in [3.05, 3.63) is 25.9 Å². The van der Waals surface area contributed by atoms with Gasteiger partial charge in [-0.25, -0.2) is 8.78 Å². The molecule has 0 aliphatic heterocycles. The van der Waals surface area contributed by atoms with Gasteiger partial charge in [0.1, 0.15) is 5.69 Å². The van der Waals surface area contributed by atoms with Crippen LogP contribution in [0.5, 0.6) is 0 Å². The second-order valence-electron chi connectivity index (χ2n) is 1.92. The summed E-state index contributed by atoms with van der Waals surface area (Å²) in [5.41, 5.74) is -0.314. The van der Waals surface area contributed by atoms with Gasteiger partial charge in [-0.05, 0) is 31.9 Å². The molecule has 0 N–H and O–H groups in total. The van der Waals surface area contributed by atoms with Gasteiger partial charge in [0.2, 0.25) is 0 Å². The Morgan fingerprint density at radius 1 is 1.33 bits per heavy atom. The fraction of sp³-hybridized carbons (Fsp3) is 0.167. The van der Waals surface area contributed by atoms with Gasteiger partial charge in [-0.15, -0.1) is 0 Å². The van der Waals surface area contributed by atoms with Crippen LogP contribution in [0.1, 0.15) is 12.1 Å². The summed E-state index contributed by atoms with van der Waals surface area (Å²) in [5, 5.41) is 0.297. The van der Waals surface area contributed by atoms with E-state index < -0.39 is 6.43 Å². The van der Waals surface area contributed by atoms with E-state index in [4.69, 9.17) is 11.6 Å². The second kappa shape index (κ2) is 3.98. The number of hydrogen-bond donors (Lipinski definition) is 0. The second-order valence-corrected chi connectivity index (χ2v) is 3.91. The highest BCUT2D eigenvalue weighted by Gasteiger charge is 2.16. The summed E-state index contributed by atoms with van der Waals surface area (Å²) in [6, 6.07) is 0. The van der Waals surface area contributed by atoms with Gasteiger partial charge >= 0.3 is 0 Å². The maximum atomic E-state index is 12.2. The van der Waals surface area contributed by atoms with Crippen LogP contribution in [0, 0.1) is 0 Å². The number of pyridine rings is 1. The van der Waals surface area contributed by atoms with Gasteiger partial charge in [-0.3, -0.25) is 4.98 Å². The highest BCUT2D eigenvalue weighted by molar-refractivity contribution is 9.13. The van der Waals surface area contributed by atoms with Crippen molar-refractivity contribution in [1.82, 2.24) is 4.98 Å². The Bertz CT molecular complexity index is 306. The summed E-state index contributed by atoms with van der Waals surface area (Å²) < 4.78 is 25.0. The first-order valence-electron chi connectivity index (χ1n) is 2.81. The van der Waals surface area contributed by atoms with Crippen LogP contribution in [-0.2, 0) is 0 Å². The molecule has 1 aromatic heterocycles. The average molecular weight is 321 g/mol. The van der Waals surface area contributed by atoms with Gasteiger partial charge in [-0.1, -0.05) is 11.6 Å². The Hall–Kier alpha value is 0.260. The zero-order chi connectivity index (χ0) is 9.30. The molecule has 0 radical (unpaired) electrons. The van der Waals surface area contributed by atoms with Crippen molar-refractivity contribution in [1.29, 1.82) is 0 Å². The summed E-state index contributed by atoms with van der Waals surface area (Å²) in [6.45, 7) is 0. The van der Waals surface area contributed by atoms with E-state index in [0.717, 1.165) is 0 Å². The van der Waals surface area contributed by atoms with Gasteiger partial charge in [-0.2, -0.15) is 0 Å². The molecule has 12 heavy (non-hydrogen) atoms. The molecule has 0 aliphatic rings. The third-order valence-corrected chi connectivity index (χ3v) is 3.82. The van der Waals surface area contributed by atoms with Gasteiger partial charge in [0.15, 0.2) is 0 Å². The Balaban J connectivity index is 3.27. The van der Waals surface area contributed by atoms with Crippen LogP contribution >= 0.6 is 43.5 Å². The molecule has 0 aromatic carbocycles. The molecule has 1 aromatic rings. The minimum atomic E-state index is -2.60.